The molecule has 1 N–H and O–H groups in total. The lowest BCUT2D eigenvalue weighted by Gasteiger charge is -2.10. The number of halogens is 2. The van der Waals surface area contributed by atoms with Gasteiger partial charge in [-0.25, -0.2) is 21.9 Å². The van der Waals surface area contributed by atoms with Gasteiger partial charge in [-0.05, 0) is 61.5 Å². The quantitative estimate of drug-likeness (QED) is 0.451. The molecular formula is C21H17F2N5O3S. The second-order valence-corrected chi connectivity index (χ2v) is 8.58. The van der Waals surface area contributed by atoms with Crippen LogP contribution in [0.3, 0.4) is 0 Å². The smallest absolute Gasteiger partial charge is 0.238 e. The number of aromatic nitrogens is 4. The SMILES string of the molecule is Cc1ccn(-c2ccc(Oc3ccc(NS(=O)(=O)Cc4cc(F)ccc4F)cc3)nn2)n1. The van der Waals surface area contributed by atoms with Gasteiger partial charge in [0.25, 0.3) is 0 Å². The molecule has 0 aliphatic heterocycles. The molecule has 0 aliphatic rings. The highest BCUT2D eigenvalue weighted by atomic mass is 32.2. The highest BCUT2D eigenvalue weighted by molar-refractivity contribution is 7.91. The van der Waals surface area contributed by atoms with Gasteiger partial charge in [-0.15, -0.1) is 10.2 Å². The van der Waals surface area contributed by atoms with Crippen LogP contribution in [-0.4, -0.2) is 28.4 Å². The lowest BCUT2D eigenvalue weighted by molar-refractivity contribution is 0.454. The summed E-state index contributed by atoms with van der Waals surface area (Å²) in [5.41, 5.74) is 0.832. The number of nitrogens with one attached hydrogen (secondary N) is 1. The lowest BCUT2D eigenvalue weighted by atomic mass is 10.2. The number of rotatable bonds is 7. The summed E-state index contributed by atoms with van der Waals surface area (Å²) >= 11 is 0. The summed E-state index contributed by atoms with van der Waals surface area (Å²) in [5, 5.41) is 12.3. The average molecular weight is 457 g/mol. The van der Waals surface area contributed by atoms with Crippen LogP contribution in [-0.2, 0) is 15.8 Å². The summed E-state index contributed by atoms with van der Waals surface area (Å²) in [6.07, 6.45) is 1.77. The third-order valence-corrected chi connectivity index (χ3v) is 5.52. The molecule has 0 amide bonds. The number of hydrogen-bond donors (Lipinski definition) is 1. The van der Waals surface area contributed by atoms with Crippen molar-refractivity contribution >= 4 is 15.7 Å². The molecule has 0 aliphatic carbocycles. The van der Waals surface area contributed by atoms with Gasteiger partial charge in [0.15, 0.2) is 5.82 Å². The molecule has 4 aromatic rings. The van der Waals surface area contributed by atoms with Crippen molar-refractivity contribution in [2.24, 2.45) is 0 Å². The fraction of sp³-hybridized carbons (Fsp3) is 0.0952. The summed E-state index contributed by atoms with van der Waals surface area (Å²) in [5.74, 6) is -1.03. The molecule has 2 aromatic carbocycles. The van der Waals surface area contributed by atoms with Crippen molar-refractivity contribution in [1.29, 1.82) is 0 Å². The molecule has 164 valence electrons. The summed E-state index contributed by atoms with van der Waals surface area (Å²) in [6.45, 7) is 1.87. The number of sulfonamides is 1. The third kappa shape index (κ3) is 5.24. The van der Waals surface area contributed by atoms with E-state index in [-0.39, 0.29) is 17.1 Å². The van der Waals surface area contributed by atoms with Crippen LogP contribution in [0.25, 0.3) is 5.82 Å². The molecule has 2 heterocycles. The van der Waals surface area contributed by atoms with Crippen molar-refractivity contribution < 1.29 is 21.9 Å². The van der Waals surface area contributed by atoms with Crippen molar-refractivity contribution in [3.63, 3.8) is 0 Å². The normalized spacial score (nSPS) is 11.3. The number of hydrogen-bond acceptors (Lipinski definition) is 6. The first-order valence-electron chi connectivity index (χ1n) is 9.36. The van der Waals surface area contributed by atoms with Crippen molar-refractivity contribution in [3.8, 4) is 17.4 Å². The Morgan fingerprint density at radius 2 is 1.78 bits per heavy atom. The lowest BCUT2D eigenvalue weighted by Crippen LogP contribution is -2.16. The standard InChI is InChI=1S/C21H17F2N5O3S/c1-14-10-11-28(26-14)20-8-9-21(25-24-20)31-18-5-3-17(4-6-18)27-32(29,30)13-15-12-16(22)2-7-19(15)23/h2-12,27H,13H2,1H3. The molecule has 0 radical (unpaired) electrons. The van der Waals surface area contributed by atoms with E-state index in [4.69, 9.17) is 4.74 Å². The van der Waals surface area contributed by atoms with E-state index in [2.05, 4.69) is 20.0 Å². The van der Waals surface area contributed by atoms with Crippen molar-refractivity contribution in [2.75, 3.05) is 4.72 Å². The summed E-state index contributed by atoms with van der Waals surface area (Å²) < 4.78 is 61.1. The molecule has 0 fully saturated rings. The predicted octanol–water partition coefficient (Wildman–Crippen LogP) is 3.98. The first-order chi connectivity index (χ1) is 15.3. The van der Waals surface area contributed by atoms with Gasteiger partial charge in [-0.1, -0.05) is 0 Å². The number of benzene rings is 2. The Bertz CT molecular complexity index is 1340. The number of nitrogens with zero attached hydrogens (tertiary/aromatic N) is 4. The van der Waals surface area contributed by atoms with E-state index < -0.39 is 27.4 Å². The zero-order valence-corrected chi connectivity index (χ0v) is 17.6. The van der Waals surface area contributed by atoms with Crippen molar-refractivity contribution in [3.05, 3.63) is 89.8 Å². The molecule has 0 saturated heterocycles. The Labute approximate surface area is 182 Å². The fourth-order valence-electron chi connectivity index (χ4n) is 2.82. The van der Waals surface area contributed by atoms with Gasteiger partial charge >= 0.3 is 0 Å². The van der Waals surface area contributed by atoms with Gasteiger partial charge < -0.3 is 4.74 Å². The largest absolute Gasteiger partial charge is 0.438 e. The van der Waals surface area contributed by atoms with E-state index in [0.717, 1.165) is 23.9 Å². The first kappa shape index (κ1) is 21.4. The predicted molar refractivity (Wildman–Crippen MR) is 113 cm³/mol. The number of ether oxygens (including phenoxy) is 1. The average Bonchev–Trinajstić information content (AvgIpc) is 3.18. The second-order valence-electron chi connectivity index (χ2n) is 6.85. The molecule has 0 unspecified atom stereocenters. The van der Waals surface area contributed by atoms with Crippen LogP contribution in [0.15, 0.2) is 66.9 Å². The van der Waals surface area contributed by atoms with E-state index in [1.807, 2.05) is 13.0 Å². The van der Waals surface area contributed by atoms with E-state index >= 15 is 0 Å². The van der Waals surface area contributed by atoms with Crippen LogP contribution in [0.2, 0.25) is 0 Å². The zero-order chi connectivity index (χ0) is 22.7. The molecule has 4 rings (SSSR count). The number of aryl methyl sites for hydroxylation is 1. The highest BCUT2D eigenvalue weighted by Crippen LogP contribution is 2.23. The topological polar surface area (TPSA) is 99.0 Å². The Morgan fingerprint density at radius 3 is 2.44 bits per heavy atom. The van der Waals surface area contributed by atoms with Crippen LogP contribution in [0.4, 0.5) is 14.5 Å². The molecule has 0 spiro atoms. The number of anilines is 1. The first-order valence-corrected chi connectivity index (χ1v) is 11.0. The van der Waals surface area contributed by atoms with Crippen LogP contribution < -0.4 is 9.46 Å². The minimum Gasteiger partial charge on any atom is -0.438 e. The molecule has 32 heavy (non-hydrogen) atoms. The molecule has 0 saturated carbocycles. The van der Waals surface area contributed by atoms with E-state index in [0.29, 0.717) is 11.6 Å². The fourth-order valence-corrected chi connectivity index (χ4v) is 4.02. The van der Waals surface area contributed by atoms with Crippen LogP contribution in [0.1, 0.15) is 11.3 Å². The molecule has 11 heteroatoms. The molecule has 8 nitrogen and oxygen atoms in total. The minimum absolute atomic E-state index is 0.240. The maximum Gasteiger partial charge on any atom is 0.238 e. The summed E-state index contributed by atoms with van der Waals surface area (Å²) in [6, 6.07) is 13.9. The zero-order valence-electron chi connectivity index (χ0n) is 16.7. The Balaban J connectivity index is 1.40. The van der Waals surface area contributed by atoms with Gasteiger partial charge in [-0.2, -0.15) is 5.10 Å². The van der Waals surface area contributed by atoms with Crippen LogP contribution in [0, 0.1) is 18.6 Å². The Kier molecular flexibility index (Phi) is 5.82. The van der Waals surface area contributed by atoms with Gasteiger partial charge in [0.1, 0.15) is 17.4 Å². The minimum atomic E-state index is -3.96. The monoisotopic (exact) mass is 457 g/mol. The van der Waals surface area contributed by atoms with E-state index in [1.165, 1.54) is 24.3 Å². The highest BCUT2D eigenvalue weighted by Gasteiger charge is 2.16. The summed E-state index contributed by atoms with van der Waals surface area (Å²) in [7, 11) is -3.96. The van der Waals surface area contributed by atoms with Crippen molar-refractivity contribution in [2.45, 2.75) is 12.7 Å². The van der Waals surface area contributed by atoms with Gasteiger partial charge in [0, 0.05) is 23.5 Å². The maximum atomic E-state index is 13.7. The Hall–Kier alpha value is -3.86. The van der Waals surface area contributed by atoms with Gasteiger partial charge in [0.05, 0.1) is 11.4 Å². The Morgan fingerprint density at radius 1 is 1.00 bits per heavy atom. The van der Waals surface area contributed by atoms with Gasteiger partial charge in [0.2, 0.25) is 15.9 Å². The molecule has 0 bridgehead atoms. The summed E-state index contributed by atoms with van der Waals surface area (Å²) in [4.78, 5) is 0. The van der Waals surface area contributed by atoms with E-state index in [9.17, 15) is 17.2 Å². The maximum absolute atomic E-state index is 13.7. The van der Waals surface area contributed by atoms with Crippen LogP contribution in [0.5, 0.6) is 11.6 Å². The molecule has 0 atom stereocenters. The van der Waals surface area contributed by atoms with Gasteiger partial charge in [-0.3, -0.25) is 4.72 Å². The second kappa shape index (κ2) is 8.71. The van der Waals surface area contributed by atoms with Crippen molar-refractivity contribution in [1.82, 2.24) is 20.0 Å². The molecule has 2 aromatic heterocycles. The van der Waals surface area contributed by atoms with Crippen LogP contribution >= 0.6 is 0 Å². The van der Waals surface area contributed by atoms with E-state index in [1.54, 1.807) is 23.0 Å². The third-order valence-electron chi connectivity index (χ3n) is 4.29. The molecular weight excluding hydrogens is 440 g/mol.